The van der Waals surface area contributed by atoms with Crippen LogP contribution < -0.4 is 5.73 Å². The van der Waals surface area contributed by atoms with Gasteiger partial charge in [-0.25, -0.2) is 4.98 Å². The molecule has 0 aliphatic carbocycles. The third-order valence-corrected chi connectivity index (χ3v) is 4.10. The zero-order valence-corrected chi connectivity index (χ0v) is 10.8. The Morgan fingerprint density at radius 1 is 1.50 bits per heavy atom. The van der Waals surface area contributed by atoms with Gasteiger partial charge in [-0.3, -0.25) is 0 Å². The van der Waals surface area contributed by atoms with Crippen LogP contribution in [-0.4, -0.2) is 16.1 Å². The molecule has 2 N–H and O–H groups in total. The molecule has 0 bridgehead atoms. The number of rotatable bonds is 3. The number of aromatic nitrogens is 2. The molecule has 1 atom stereocenters. The minimum atomic E-state index is 0.138. The van der Waals surface area contributed by atoms with Crippen molar-refractivity contribution in [2.75, 3.05) is 6.54 Å². The fraction of sp³-hybridized carbons (Fsp3) is 0.364. The van der Waals surface area contributed by atoms with E-state index < -0.39 is 0 Å². The quantitative estimate of drug-likeness (QED) is 0.917. The lowest BCUT2D eigenvalue weighted by Crippen LogP contribution is -2.19. The minimum Gasteiger partial charge on any atom is -0.328 e. The summed E-state index contributed by atoms with van der Waals surface area (Å²) in [5, 5.41) is 0. The zero-order chi connectivity index (χ0) is 11.7. The summed E-state index contributed by atoms with van der Waals surface area (Å²) in [5.41, 5.74) is 8.03. The summed E-state index contributed by atoms with van der Waals surface area (Å²) >= 11 is 7.52. The summed E-state index contributed by atoms with van der Waals surface area (Å²) in [4.78, 5) is 5.47. The van der Waals surface area contributed by atoms with Crippen molar-refractivity contribution in [1.29, 1.82) is 0 Å². The number of nitrogens with zero attached hydrogens (tertiary/aromatic N) is 2. The van der Waals surface area contributed by atoms with Gasteiger partial charge in [0.2, 0.25) is 0 Å². The molecule has 0 fully saturated rings. The molecule has 0 saturated heterocycles. The van der Waals surface area contributed by atoms with Crippen LogP contribution in [0, 0.1) is 13.8 Å². The SMILES string of the molecule is Cc1ncn(C(CN)c2ccc(Cl)s2)c1C. The highest BCUT2D eigenvalue weighted by Crippen LogP contribution is 2.29. The second-order valence-corrected chi connectivity index (χ2v) is 5.46. The Balaban J connectivity index is 2.40. The van der Waals surface area contributed by atoms with Crippen LogP contribution >= 0.6 is 22.9 Å². The maximum absolute atomic E-state index is 5.95. The van der Waals surface area contributed by atoms with Gasteiger partial charge in [0, 0.05) is 17.1 Å². The molecule has 5 heteroatoms. The number of hydrogen-bond acceptors (Lipinski definition) is 3. The van der Waals surface area contributed by atoms with Gasteiger partial charge in [-0.05, 0) is 26.0 Å². The Bertz CT molecular complexity index is 489. The average Bonchev–Trinajstić information content (AvgIpc) is 2.81. The van der Waals surface area contributed by atoms with Crippen LogP contribution in [0.3, 0.4) is 0 Å². The van der Waals surface area contributed by atoms with Gasteiger partial charge in [0.15, 0.2) is 0 Å². The second-order valence-electron chi connectivity index (χ2n) is 3.72. The number of halogens is 1. The molecule has 0 radical (unpaired) electrons. The van der Waals surface area contributed by atoms with Crippen LogP contribution in [-0.2, 0) is 0 Å². The third kappa shape index (κ3) is 2.00. The molecular weight excluding hydrogens is 242 g/mol. The van der Waals surface area contributed by atoms with E-state index >= 15 is 0 Å². The van der Waals surface area contributed by atoms with Crippen LogP contribution in [0.15, 0.2) is 18.5 Å². The molecule has 0 aliphatic heterocycles. The predicted molar refractivity (Wildman–Crippen MR) is 68.2 cm³/mol. The molecular formula is C11H14ClN3S. The van der Waals surface area contributed by atoms with Gasteiger partial charge in [0.05, 0.1) is 22.4 Å². The smallest absolute Gasteiger partial charge is 0.0957 e. The summed E-state index contributed by atoms with van der Waals surface area (Å²) in [5.74, 6) is 0. The van der Waals surface area contributed by atoms with Crippen molar-refractivity contribution in [2.45, 2.75) is 19.9 Å². The lowest BCUT2D eigenvalue weighted by molar-refractivity contribution is 0.590. The molecule has 16 heavy (non-hydrogen) atoms. The molecule has 0 saturated carbocycles. The van der Waals surface area contributed by atoms with Crippen LogP contribution in [0.25, 0.3) is 0 Å². The largest absolute Gasteiger partial charge is 0.328 e. The number of aryl methyl sites for hydroxylation is 1. The lowest BCUT2D eigenvalue weighted by Gasteiger charge is -2.16. The Hall–Kier alpha value is -0.840. The molecule has 0 aliphatic rings. The van der Waals surface area contributed by atoms with Crippen molar-refractivity contribution in [1.82, 2.24) is 9.55 Å². The van der Waals surface area contributed by atoms with Gasteiger partial charge < -0.3 is 10.3 Å². The molecule has 3 nitrogen and oxygen atoms in total. The second kappa shape index (κ2) is 4.57. The molecule has 2 rings (SSSR count). The van der Waals surface area contributed by atoms with Crippen molar-refractivity contribution in [3.8, 4) is 0 Å². The first-order valence-electron chi connectivity index (χ1n) is 5.08. The first kappa shape index (κ1) is 11.6. The number of thiophene rings is 1. The first-order valence-corrected chi connectivity index (χ1v) is 6.28. The van der Waals surface area contributed by atoms with Gasteiger partial charge in [-0.1, -0.05) is 11.6 Å². The molecule has 1 unspecified atom stereocenters. The number of imidazole rings is 1. The van der Waals surface area contributed by atoms with Crippen molar-refractivity contribution in [2.24, 2.45) is 5.73 Å². The molecule has 0 spiro atoms. The highest BCUT2D eigenvalue weighted by Gasteiger charge is 2.16. The van der Waals surface area contributed by atoms with Crippen LogP contribution in [0.5, 0.6) is 0 Å². The predicted octanol–water partition coefficient (Wildman–Crippen LogP) is 2.76. The maximum atomic E-state index is 5.95. The van der Waals surface area contributed by atoms with Crippen molar-refractivity contribution >= 4 is 22.9 Å². The van der Waals surface area contributed by atoms with E-state index in [0.29, 0.717) is 6.54 Å². The van der Waals surface area contributed by atoms with E-state index in [1.54, 1.807) is 11.3 Å². The lowest BCUT2D eigenvalue weighted by atomic mass is 10.2. The average molecular weight is 256 g/mol. The monoisotopic (exact) mass is 255 g/mol. The van der Waals surface area contributed by atoms with Gasteiger partial charge in [-0.15, -0.1) is 11.3 Å². The first-order chi connectivity index (χ1) is 7.63. The topological polar surface area (TPSA) is 43.8 Å². The fourth-order valence-electron chi connectivity index (χ4n) is 1.70. The number of nitrogens with two attached hydrogens (primary N) is 1. The van der Waals surface area contributed by atoms with E-state index in [4.69, 9.17) is 17.3 Å². The summed E-state index contributed by atoms with van der Waals surface area (Å²) in [6.45, 7) is 4.61. The van der Waals surface area contributed by atoms with Crippen molar-refractivity contribution in [3.05, 3.63) is 39.1 Å². The van der Waals surface area contributed by atoms with Crippen LogP contribution in [0.2, 0.25) is 4.34 Å². The van der Waals surface area contributed by atoms with E-state index in [2.05, 4.69) is 16.5 Å². The van der Waals surface area contributed by atoms with Gasteiger partial charge in [0.1, 0.15) is 0 Å². The Morgan fingerprint density at radius 2 is 2.25 bits per heavy atom. The van der Waals surface area contributed by atoms with Crippen LogP contribution in [0.4, 0.5) is 0 Å². The summed E-state index contributed by atoms with van der Waals surface area (Å²) < 4.78 is 2.90. The maximum Gasteiger partial charge on any atom is 0.0957 e. The Morgan fingerprint density at radius 3 is 2.69 bits per heavy atom. The van der Waals surface area contributed by atoms with Gasteiger partial charge in [-0.2, -0.15) is 0 Å². The number of hydrogen-bond donors (Lipinski definition) is 1. The van der Waals surface area contributed by atoms with Crippen molar-refractivity contribution < 1.29 is 0 Å². The summed E-state index contributed by atoms with van der Waals surface area (Å²) in [7, 11) is 0. The Kier molecular flexibility index (Phi) is 3.33. The molecule has 0 aromatic carbocycles. The van der Waals surface area contributed by atoms with E-state index in [0.717, 1.165) is 15.7 Å². The summed E-state index contributed by atoms with van der Waals surface area (Å²) in [6.07, 6.45) is 1.84. The highest BCUT2D eigenvalue weighted by molar-refractivity contribution is 7.16. The Labute approximate surface area is 104 Å². The third-order valence-electron chi connectivity index (χ3n) is 2.77. The van der Waals surface area contributed by atoms with Crippen LogP contribution in [0.1, 0.15) is 22.3 Å². The minimum absolute atomic E-state index is 0.138. The molecule has 86 valence electrons. The van der Waals surface area contributed by atoms with Gasteiger partial charge >= 0.3 is 0 Å². The zero-order valence-electron chi connectivity index (χ0n) is 9.27. The van der Waals surface area contributed by atoms with Crippen molar-refractivity contribution in [3.63, 3.8) is 0 Å². The highest BCUT2D eigenvalue weighted by atomic mass is 35.5. The standard InChI is InChI=1S/C11H14ClN3S/c1-7-8(2)15(6-14-7)9(5-13)10-3-4-11(12)16-10/h3-4,6,9H,5,13H2,1-2H3. The molecule has 2 aromatic heterocycles. The van der Waals surface area contributed by atoms with E-state index in [1.165, 1.54) is 4.88 Å². The molecule has 2 heterocycles. The fourth-order valence-corrected chi connectivity index (χ4v) is 2.88. The van der Waals surface area contributed by atoms with E-state index in [-0.39, 0.29) is 6.04 Å². The van der Waals surface area contributed by atoms with E-state index in [1.807, 2.05) is 25.4 Å². The molecule has 0 amide bonds. The van der Waals surface area contributed by atoms with Gasteiger partial charge in [0.25, 0.3) is 0 Å². The normalized spacial score (nSPS) is 13.0. The summed E-state index contributed by atoms with van der Waals surface area (Å²) in [6, 6.07) is 4.07. The molecule has 2 aromatic rings. The van der Waals surface area contributed by atoms with E-state index in [9.17, 15) is 0 Å².